The number of thioether (sulfide) groups is 1. The Morgan fingerprint density at radius 2 is 2.00 bits per heavy atom. The normalized spacial score (nSPS) is 9.79. The molecule has 0 aliphatic carbocycles. The second-order valence-corrected chi connectivity index (χ2v) is 4.84. The van der Waals surface area contributed by atoms with Crippen LogP contribution in [0.5, 0.6) is 0 Å². The van der Waals surface area contributed by atoms with Gasteiger partial charge in [0.05, 0.1) is 5.56 Å². The molecule has 2 nitrogen and oxygen atoms in total. The summed E-state index contributed by atoms with van der Waals surface area (Å²) in [5.41, 5.74) is 1.40. The lowest BCUT2D eigenvalue weighted by Crippen LogP contribution is -1.95. The molecule has 0 bridgehead atoms. The highest BCUT2D eigenvalue weighted by atomic mass is 32.2. The quantitative estimate of drug-likeness (QED) is 0.804. The molecule has 0 aliphatic heterocycles. The molecule has 1 aromatic rings. The summed E-state index contributed by atoms with van der Waals surface area (Å²) in [6, 6.07) is 6.84. The minimum Gasteiger partial charge on any atom is -0.478 e. The minimum absolute atomic E-state index is 0.317. The van der Waals surface area contributed by atoms with Gasteiger partial charge in [0.15, 0.2) is 0 Å². The first-order valence-electron chi connectivity index (χ1n) is 4.05. The van der Waals surface area contributed by atoms with Crippen molar-refractivity contribution in [1.29, 1.82) is 0 Å². The molecule has 1 aromatic carbocycles. The molecule has 0 aliphatic rings. The van der Waals surface area contributed by atoms with Crippen molar-refractivity contribution in [3.8, 4) is 0 Å². The van der Waals surface area contributed by atoms with Gasteiger partial charge in [0.1, 0.15) is 0 Å². The van der Waals surface area contributed by atoms with Gasteiger partial charge in [-0.3, -0.25) is 0 Å². The Hall–Kier alpha value is -0.870. The van der Waals surface area contributed by atoms with Gasteiger partial charge >= 0.3 is 5.97 Å². The molecule has 0 heterocycles. The van der Waals surface area contributed by atoms with Crippen LogP contribution in [-0.2, 0) is 5.75 Å². The molecule has 0 spiro atoms. The summed E-state index contributed by atoms with van der Waals surface area (Å²) >= 11 is 6.51. The first-order valence-corrected chi connectivity index (χ1v) is 5.44. The van der Waals surface area contributed by atoms with E-state index in [1.165, 1.54) is 0 Å². The first kappa shape index (κ1) is 11.2. The van der Waals surface area contributed by atoms with Gasteiger partial charge in [-0.15, -0.1) is 11.8 Å². The minimum atomic E-state index is -0.893. The lowest BCUT2D eigenvalue weighted by molar-refractivity contribution is 0.0697. The van der Waals surface area contributed by atoms with Crippen LogP contribution in [-0.4, -0.2) is 15.3 Å². The van der Waals surface area contributed by atoms with E-state index in [4.69, 9.17) is 17.3 Å². The average molecular weight is 226 g/mol. The van der Waals surface area contributed by atoms with Gasteiger partial charge in [0, 0.05) is 9.95 Å². The van der Waals surface area contributed by atoms with E-state index in [-0.39, 0.29) is 0 Å². The van der Waals surface area contributed by atoms with Gasteiger partial charge in [-0.05, 0) is 24.6 Å². The van der Waals surface area contributed by atoms with E-state index >= 15 is 0 Å². The van der Waals surface area contributed by atoms with E-state index in [2.05, 4.69) is 0 Å². The monoisotopic (exact) mass is 226 g/mol. The fourth-order valence-corrected chi connectivity index (χ4v) is 1.67. The zero-order valence-corrected chi connectivity index (χ0v) is 9.32. The van der Waals surface area contributed by atoms with Crippen LogP contribution in [0.2, 0.25) is 0 Å². The van der Waals surface area contributed by atoms with Gasteiger partial charge < -0.3 is 5.11 Å². The highest BCUT2D eigenvalue weighted by molar-refractivity contribution is 8.22. The third-order valence-electron chi connectivity index (χ3n) is 1.64. The molecule has 0 saturated heterocycles. The molecule has 74 valence electrons. The van der Waals surface area contributed by atoms with Crippen LogP contribution in [0.1, 0.15) is 22.8 Å². The lowest BCUT2D eigenvalue weighted by Gasteiger charge is -2.00. The molecule has 0 radical (unpaired) electrons. The predicted octanol–water partition coefficient (Wildman–Crippen LogP) is 2.97. The SMILES string of the molecule is CC(=S)SCc1ccc(C(=O)O)cc1. The van der Waals surface area contributed by atoms with E-state index in [0.29, 0.717) is 5.56 Å². The second-order valence-electron chi connectivity index (χ2n) is 2.78. The van der Waals surface area contributed by atoms with Crippen LogP contribution >= 0.6 is 24.0 Å². The summed E-state index contributed by atoms with van der Waals surface area (Å²) in [5.74, 6) is -0.0925. The predicted molar refractivity (Wildman–Crippen MR) is 63.0 cm³/mol. The van der Waals surface area contributed by atoms with Crippen LogP contribution in [0, 0.1) is 0 Å². The number of carboxylic acids is 1. The summed E-state index contributed by atoms with van der Waals surface area (Å²) in [7, 11) is 0. The maximum absolute atomic E-state index is 10.6. The molecule has 1 rings (SSSR count). The molecule has 1 N–H and O–H groups in total. The number of carboxylic acid groups (broad SMARTS) is 1. The van der Waals surface area contributed by atoms with E-state index in [9.17, 15) is 4.79 Å². The number of thiocarbonyl (C=S) groups is 1. The van der Waals surface area contributed by atoms with E-state index in [1.807, 2.05) is 19.1 Å². The van der Waals surface area contributed by atoms with Crippen molar-refractivity contribution in [3.05, 3.63) is 35.4 Å². The Balaban J connectivity index is 2.64. The van der Waals surface area contributed by atoms with Gasteiger partial charge in [-0.25, -0.2) is 4.79 Å². The van der Waals surface area contributed by atoms with Gasteiger partial charge in [0.2, 0.25) is 0 Å². The molecule has 4 heteroatoms. The number of carbonyl (C=O) groups is 1. The van der Waals surface area contributed by atoms with Gasteiger partial charge in [-0.1, -0.05) is 24.4 Å². The maximum atomic E-state index is 10.6. The number of aromatic carboxylic acids is 1. The Morgan fingerprint density at radius 1 is 1.43 bits per heavy atom. The molecule has 0 aromatic heterocycles. The molecule has 0 saturated carbocycles. The number of rotatable bonds is 3. The van der Waals surface area contributed by atoms with E-state index in [0.717, 1.165) is 15.5 Å². The standard InChI is InChI=1S/C10H10O2S2/c1-7(13)14-6-8-2-4-9(5-3-8)10(11)12/h2-5H,6H2,1H3,(H,11,12). The zero-order chi connectivity index (χ0) is 10.6. The molecule has 0 fully saturated rings. The largest absolute Gasteiger partial charge is 0.478 e. The van der Waals surface area contributed by atoms with Crippen LogP contribution in [0.4, 0.5) is 0 Å². The highest BCUT2D eigenvalue weighted by Crippen LogP contribution is 2.14. The fourth-order valence-electron chi connectivity index (χ4n) is 0.929. The molecule has 14 heavy (non-hydrogen) atoms. The number of benzene rings is 1. The molecule has 0 unspecified atom stereocenters. The summed E-state index contributed by atoms with van der Waals surface area (Å²) in [4.78, 5) is 10.6. The van der Waals surface area contributed by atoms with Crippen LogP contribution < -0.4 is 0 Å². The average Bonchev–Trinajstić information content (AvgIpc) is 2.15. The maximum Gasteiger partial charge on any atom is 0.335 e. The van der Waals surface area contributed by atoms with Crippen molar-refractivity contribution in [1.82, 2.24) is 0 Å². The van der Waals surface area contributed by atoms with Crippen LogP contribution in [0.25, 0.3) is 0 Å². The van der Waals surface area contributed by atoms with Crippen molar-refractivity contribution >= 4 is 34.1 Å². The Kier molecular flexibility index (Phi) is 4.10. The first-order chi connectivity index (χ1) is 6.59. The summed E-state index contributed by atoms with van der Waals surface area (Å²) in [6.07, 6.45) is 0. The van der Waals surface area contributed by atoms with Crippen molar-refractivity contribution in [3.63, 3.8) is 0 Å². The van der Waals surface area contributed by atoms with E-state index < -0.39 is 5.97 Å². The topological polar surface area (TPSA) is 37.3 Å². The van der Waals surface area contributed by atoms with Crippen LogP contribution in [0.15, 0.2) is 24.3 Å². The number of hydrogen-bond donors (Lipinski definition) is 1. The van der Waals surface area contributed by atoms with Gasteiger partial charge in [0.25, 0.3) is 0 Å². The summed E-state index contributed by atoms with van der Waals surface area (Å²) < 4.78 is 0.896. The smallest absolute Gasteiger partial charge is 0.335 e. The highest BCUT2D eigenvalue weighted by Gasteiger charge is 2.01. The second kappa shape index (κ2) is 5.12. The Labute approximate surface area is 92.3 Å². The van der Waals surface area contributed by atoms with Crippen molar-refractivity contribution in [2.75, 3.05) is 0 Å². The molecule has 0 amide bonds. The Morgan fingerprint density at radius 3 is 2.43 bits per heavy atom. The van der Waals surface area contributed by atoms with E-state index in [1.54, 1.807) is 23.9 Å². The number of hydrogen-bond acceptors (Lipinski definition) is 3. The van der Waals surface area contributed by atoms with Crippen molar-refractivity contribution in [2.24, 2.45) is 0 Å². The van der Waals surface area contributed by atoms with Gasteiger partial charge in [-0.2, -0.15) is 0 Å². The third-order valence-corrected chi connectivity index (χ3v) is 2.88. The third kappa shape index (κ3) is 3.47. The molecule has 0 atom stereocenters. The van der Waals surface area contributed by atoms with Crippen LogP contribution in [0.3, 0.4) is 0 Å². The Bertz CT molecular complexity index is 344. The van der Waals surface area contributed by atoms with Crippen molar-refractivity contribution < 1.29 is 9.90 Å². The zero-order valence-electron chi connectivity index (χ0n) is 7.69. The molecular formula is C10H10O2S2. The fraction of sp³-hybridized carbons (Fsp3) is 0.200. The van der Waals surface area contributed by atoms with Crippen molar-refractivity contribution in [2.45, 2.75) is 12.7 Å². The summed E-state index contributed by atoms with van der Waals surface area (Å²) in [5, 5.41) is 8.67. The lowest BCUT2D eigenvalue weighted by atomic mass is 10.1. The molecular weight excluding hydrogens is 216 g/mol. The summed E-state index contributed by atoms with van der Waals surface area (Å²) in [6.45, 7) is 1.88.